The first kappa shape index (κ1) is 15.5. The van der Waals surface area contributed by atoms with Gasteiger partial charge in [0.15, 0.2) is 0 Å². The Balaban J connectivity index is 2.68. The fraction of sp³-hybridized carbons (Fsp3) is 0.500. The first-order valence-electron chi connectivity index (χ1n) is 6.25. The Labute approximate surface area is 113 Å². The second-order valence-corrected chi connectivity index (χ2v) is 4.27. The van der Waals surface area contributed by atoms with Crippen LogP contribution in [0.1, 0.15) is 22.8 Å². The molecule has 0 saturated heterocycles. The normalized spacial score (nSPS) is 10.7. The van der Waals surface area contributed by atoms with E-state index in [1.54, 1.807) is 12.1 Å². The molecule has 0 aliphatic rings. The molecule has 0 aromatic heterocycles. The molecule has 1 rings (SSSR count). The smallest absolute Gasteiger partial charge is 0.339 e. The minimum atomic E-state index is -0.976. The number of benzene rings is 1. The number of ether oxygens (including phenoxy) is 2. The van der Waals surface area contributed by atoms with Gasteiger partial charge in [0, 0.05) is 19.7 Å². The zero-order chi connectivity index (χ0) is 14.3. The summed E-state index contributed by atoms with van der Waals surface area (Å²) in [6, 6.07) is 5.22. The Kier molecular flexibility index (Phi) is 6.32. The van der Waals surface area contributed by atoms with Gasteiger partial charge in [-0.25, -0.2) is 4.79 Å². The van der Waals surface area contributed by atoms with Crippen molar-refractivity contribution in [3.63, 3.8) is 0 Å². The van der Waals surface area contributed by atoms with Crippen LogP contribution in [0.2, 0.25) is 0 Å². The molecule has 5 nitrogen and oxygen atoms in total. The maximum absolute atomic E-state index is 11.1. The van der Waals surface area contributed by atoms with Gasteiger partial charge >= 0.3 is 5.97 Å². The standard InChI is InChI=1S/C14H21NO4/c1-4-19-8-7-15(2)10-11-5-6-13(18-3)12(9-11)14(16)17/h5-6,9H,4,7-8,10H2,1-3H3,(H,16,17). The molecule has 0 atom stereocenters. The molecule has 0 heterocycles. The Hall–Kier alpha value is -1.59. The molecule has 0 aliphatic carbocycles. The van der Waals surface area contributed by atoms with Crippen molar-refractivity contribution < 1.29 is 19.4 Å². The number of aromatic carboxylic acids is 1. The van der Waals surface area contributed by atoms with Gasteiger partial charge in [-0.1, -0.05) is 6.07 Å². The van der Waals surface area contributed by atoms with E-state index in [-0.39, 0.29) is 5.56 Å². The van der Waals surface area contributed by atoms with Crippen molar-refractivity contribution in [2.24, 2.45) is 0 Å². The van der Waals surface area contributed by atoms with Crippen molar-refractivity contribution in [1.82, 2.24) is 4.90 Å². The maximum Gasteiger partial charge on any atom is 0.339 e. The van der Waals surface area contributed by atoms with E-state index in [4.69, 9.17) is 14.6 Å². The maximum atomic E-state index is 11.1. The minimum absolute atomic E-state index is 0.193. The summed E-state index contributed by atoms with van der Waals surface area (Å²) in [5.74, 6) is -0.594. The Morgan fingerprint density at radius 3 is 2.74 bits per heavy atom. The summed E-state index contributed by atoms with van der Waals surface area (Å²) < 4.78 is 10.3. The Morgan fingerprint density at radius 1 is 1.42 bits per heavy atom. The van der Waals surface area contributed by atoms with Crippen LogP contribution in [0.4, 0.5) is 0 Å². The molecular formula is C14H21NO4. The molecule has 0 unspecified atom stereocenters. The number of carboxylic acid groups (broad SMARTS) is 1. The summed E-state index contributed by atoms with van der Waals surface area (Å²) >= 11 is 0. The van der Waals surface area contributed by atoms with Crippen LogP contribution in [-0.4, -0.2) is 49.9 Å². The van der Waals surface area contributed by atoms with E-state index in [1.807, 2.05) is 20.0 Å². The van der Waals surface area contributed by atoms with Crippen LogP contribution in [-0.2, 0) is 11.3 Å². The summed E-state index contributed by atoms with van der Waals surface area (Å²) in [7, 11) is 3.44. The van der Waals surface area contributed by atoms with Gasteiger partial charge in [0.25, 0.3) is 0 Å². The molecule has 0 fully saturated rings. The number of likely N-dealkylation sites (N-methyl/N-ethyl adjacent to an activating group) is 1. The number of nitrogens with zero attached hydrogens (tertiary/aromatic N) is 1. The summed E-state index contributed by atoms with van der Waals surface area (Å²) in [5, 5.41) is 9.12. The fourth-order valence-corrected chi connectivity index (χ4v) is 1.78. The van der Waals surface area contributed by atoms with Crippen LogP contribution in [0.5, 0.6) is 5.75 Å². The third-order valence-electron chi connectivity index (χ3n) is 2.77. The summed E-state index contributed by atoms with van der Waals surface area (Å²) in [6.07, 6.45) is 0. The monoisotopic (exact) mass is 267 g/mol. The Morgan fingerprint density at radius 2 is 2.16 bits per heavy atom. The molecule has 5 heteroatoms. The van der Waals surface area contributed by atoms with Crippen LogP contribution in [0, 0.1) is 0 Å². The average molecular weight is 267 g/mol. The van der Waals surface area contributed by atoms with E-state index in [2.05, 4.69) is 4.90 Å². The molecule has 0 amide bonds. The lowest BCUT2D eigenvalue weighted by Gasteiger charge is -2.17. The fourth-order valence-electron chi connectivity index (χ4n) is 1.78. The Bertz CT molecular complexity index is 420. The van der Waals surface area contributed by atoms with E-state index in [1.165, 1.54) is 7.11 Å². The van der Waals surface area contributed by atoms with Crippen LogP contribution in [0.15, 0.2) is 18.2 Å². The first-order chi connectivity index (χ1) is 9.08. The summed E-state index contributed by atoms with van der Waals surface area (Å²) in [6.45, 7) is 4.83. The van der Waals surface area contributed by atoms with Crippen LogP contribution in [0.25, 0.3) is 0 Å². The zero-order valence-electron chi connectivity index (χ0n) is 11.7. The number of carbonyl (C=O) groups is 1. The molecule has 1 aromatic carbocycles. The molecular weight excluding hydrogens is 246 g/mol. The van der Waals surface area contributed by atoms with E-state index in [9.17, 15) is 4.79 Å². The molecule has 1 N–H and O–H groups in total. The lowest BCUT2D eigenvalue weighted by atomic mass is 10.1. The molecule has 0 saturated carbocycles. The molecule has 0 aliphatic heterocycles. The van der Waals surface area contributed by atoms with Crippen LogP contribution < -0.4 is 4.74 Å². The van der Waals surface area contributed by atoms with Crippen LogP contribution in [0.3, 0.4) is 0 Å². The molecule has 0 bridgehead atoms. The minimum Gasteiger partial charge on any atom is -0.496 e. The van der Waals surface area contributed by atoms with E-state index >= 15 is 0 Å². The predicted molar refractivity (Wildman–Crippen MR) is 72.8 cm³/mol. The molecule has 19 heavy (non-hydrogen) atoms. The van der Waals surface area contributed by atoms with Gasteiger partial charge in [-0.3, -0.25) is 4.90 Å². The van der Waals surface area contributed by atoms with Gasteiger partial charge in [0.05, 0.1) is 13.7 Å². The highest BCUT2D eigenvalue weighted by Crippen LogP contribution is 2.20. The van der Waals surface area contributed by atoms with Gasteiger partial charge in [0.1, 0.15) is 11.3 Å². The van der Waals surface area contributed by atoms with Crippen molar-refractivity contribution >= 4 is 5.97 Å². The van der Waals surface area contributed by atoms with Gasteiger partial charge in [-0.2, -0.15) is 0 Å². The third-order valence-corrected chi connectivity index (χ3v) is 2.77. The number of hydrogen-bond donors (Lipinski definition) is 1. The van der Waals surface area contributed by atoms with E-state index in [0.29, 0.717) is 25.5 Å². The van der Waals surface area contributed by atoms with Gasteiger partial charge in [-0.05, 0) is 31.7 Å². The SMILES string of the molecule is CCOCCN(C)Cc1ccc(OC)c(C(=O)O)c1. The number of hydrogen-bond acceptors (Lipinski definition) is 4. The molecule has 1 aromatic rings. The first-order valence-corrected chi connectivity index (χ1v) is 6.25. The van der Waals surface area contributed by atoms with Gasteiger partial charge in [-0.15, -0.1) is 0 Å². The van der Waals surface area contributed by atoms with Crippen LogP contribution >= 0.6 is 0 Å². The van der Waals surface area contributed by atoms with Crippen molar-refractivity contribution in [3.8, 4) is 5.75 Å². The highest BCUT2D eigenvalue weighted by Gasteiger charge is 2.12. The van der Waals surface area contributed by atoms with Crippen molar-refractivity contribution in [1.29, 1.82) is 0 Å². The average Bonchev–Trinajstić information content (AvgIpc) is 2.39. The van der Waals surface area contributed by atoms with Gasteiger partial charge < -0.3 is 14.6 Å². The highest BCUT2D eigenvalue weighted by atomic mass is 16.5. The second kappa shape index (κ2) is 7.76. The summed E-state index contributed by atoms with van der Waals surface area (Å²) in [5.41, 5.74) is 1.13. The van der Waals surface area contributed by atoms with Crippen molar-refractivity contribution in [2.75, 3.05) is 33.9 Å². The van der Waals surface area contributed by atoms with E-state index < -0.39 is 5.97 Å². The molecule has 106 valence electrons. The largest absolute Gasteiger partial charge is 0.496 e. The zero-order valence-corrected chi connectivity index (χ0v) is 11.7. The predicted octanol–water partition coefficient (Wildman–Crippen LogP) is 1.86. The lowest BCUT2D eigenvalue weighted by molar-refractivity contribution is 0.0693. The number of rotatable bonds is 8. The quantitative estimate of drug-likeness (QED) is 0.729. The van der Waals surface area contributed by atoms with Gasteiger partial charge in [0.2, 0.25) is 0 Å². The van der Waals surface area contributed by atoms with Crippen molar-refractivity contribution in [3.05, 3.63) is 29.3 Å². The van der Waals surface area contributed by atoms with Crippen molar-refractivity contribution in [2.45, 2.75) is 13.5 Å². The highest BCUT2D eigenvalue weighted by molar-refractivity contribution is 5.91. The summed E-state index contributed by atoms with van der Waals surface area (Å²) in [4.78, 5) is 13.2. The van der Waals surface area contributed by atoms with E-state index in [0.717, 1.165) is 12.1 Å². The lowest BCUT2D eigenvalue weighted by Crippen LogP contribution is -2.23. The molecule has 0 radical (unpaired) electrons. The number of methoxy groups -OCH3 is 1. The topological polar surface area (TPSA) is 59.0 Å². The third kappa shape index (κ3) is 4.89. The number of carboxylic acids is 1. The molecule has 0 spiro atoms. The second-order valence-electron chi connectivity index (χ2n) is 4.27.